The number of nitrogens with two attached hydrogens (primary N) is 1. The third-order valence-corrected chi connectivity index (χ3v) is 3.20. The fraction of sp³-hybridized carbons (Fsp3) is 0.545. The Labute approximate surface area is 98.8 Å². The maximum Gasteiger partial charge on any atom is 0.165 e. The summed E-state index contributed by atoms with van der Waals surface area (Å²) in [6.07, 6.45) is 5.44. The first-order valence-corrected chi connectivity index (χ1v) is 5.79. The molecule has 17 heavy (non-hydrogen) atoms. The van der Waals surface area contributed by atoms with Crippen molar-refractivity contribution in [2.45, 2.75) is 32.1 Å². The number of nitrogens with zero attached hydrogens (tertiary/aromatic N) is 4. The molecule has 0 spiro atoms. The van der Waals surface area contributed by atoms with Gasteiger partial charge < -0.3 is 10.5 Å². The van der Waals surface area contributed by atoms with Gasteiger partial charge in [-0.05, 0) is 19.8 Å². The van der Waals surface area contributed by atoms with Gasteiger partial charge in [0.1, 0.15) is 18.1 Å². The van der Waals surface area contributed by atoms with E-state index in [1.165, 1.54) is 0 Å². The molecule has 0 aliphatic carbocycles. The summed E-state index contributed by atoms with van der Waals surface area (Å²) in [5.74, 6) is 0. The molecule has 0 saturated carbocycles. The van der Waals surface area contributed by atoms with E-state index in [2.05, 4.69) is 15.0 Å². The minimum atomic E-state index is 0.00264. The van der Waals surface area contributed by atoms with Crippen LogP contribution in [0.3, 0.4) is 0 Å². The molecule has 0 bridgehead atoms. The number of fused-ring (bicyclic) bond motifs is 1. The van der Waals surface area contributed by atoms with Gasteiger partial charge in [0.25, 0.3) is 0 Å². The number of rotatable bonds is 2. The molecule has 2 aromatic heterocycles. The molecule has 3 rings (SSSR count). The second-order valence-corrected chi connectivity index (χ2v) is 4.31. The molecule has 1 aliphatic heterocycles. The molecule has 0 unspecified atom stereocenters. The van der Waals surface area contributed by atoms with Gasteiger partial charge in [-0.15, -0.1) is 0 Å². The van der Waals surface area contributed by atoms with Crippen molar-refractivity contribution in [1.29, 1.82) is 0 Å². The van der Waals surface area contributed by atoms with Gasteiger partial charge in [0, 0.05) is 6.54 Å². The minimum Gasteiger partial charge on any atom is -0.353 e. The SMILES string of the molecule is Cc1ncnc2c1ncn2[C@H]1CC[C@@H](CN)O1. The van der Waals surface area contributed by atoms with Gasteiger partial charge in [0.15, 0.2) is 5.65 Å². The van der Waals surface area contributed by atoms with E-state index < -0.39 is 0 Å². The summed E-state index contributed by atoms with van der Waals surface area (Å²) in [6, 6.07) is 0. The number of ether oxygens (including phenoxy) is 1. The maximum atomic E-state index is 5.84. The number of aryl methyl sites for hydroxylation is 1. The van der Waals surface area contributed by atoms with Gasteiger partial charge in [-0.1, -0.05) is 0 Å². The molecule has 3 heterocycles. The lowest BCUT2D eigenvalue weighted by Crippen LogP contribution is -2.20. The molecule has 0 radical (unpaired) electrons. The van der Waals surface area contributed by atoms with Crippen molar-refractivity contribution in [1.82, 2.24) is 19.5 Å². The van der Waals surface area contributed by atoms with E-state index in [9.17, 15) is 0 Å². The molecular formula is C11H15N5O. The molecule has 1 aliphatic rings. The smallest absolute Gasteiger partial charge is 0.165 e. The number of hydrogen-bond acceptors (Lipinski definition) is 5. The predicted molar refractivity (Wildman–Crippen MR) is 62.3 cm³/mol. The summed E-state index contributed by atoms with van der Waals surface area (Å²) in [7, 11) is 0. The van der Waals surface area contributed by atoms with E-state index in [1.807, 2.05) is 11.5 Å². The average molecular weight is 233 g/mol. The van der Waals surface area contributed by atoms with Crippen LogP contribution in [0.5, 0.6) is 0 Å². The van der Waals surface area contributed by atoms with Crippen LogP contribution in [0.25, 0.3) is 11.2 Å². The summed E-state index contributed by atoms with van der Waals surface area (Å²) >= 11 is 0. The average Bonchev–Trinajstić information content (AvgIpc) is 2.94. The maximum absolute atomic E-state index is 5.84. The second-order valence-electron chi connectivity index (χ2n) is 4.31. The molecule has 2 N–H and O–H groups in total. The van der Waals surface area contributed by atoms with Crippen molar-refractivity contribution in [2.75, 3.05) is 6.54 Å². The minimum absolute atomic E-state index is 0.00264. The van der Waals surface area contributed by atoms with Gasteiger partial charge in [0.05, 0.1) is 18.1 Å². The van der Waals surface area contributed by atoms with Crippen molar-refractivity contribution in [3.63, 3.8) is 0 Å². The third-order valence-electron chi connectivity index (χ3n) is 3.20. The van der Waals surface area contributed by atoms with Crippen LogP contribution in [-0.2, 0) is 4.74 Å². The highest BCUT2D eigenvalue weighted by atomic mass is 16.5. The summed E-state index contributed by atoms with van der Waals surface area (Å²) in [5.41, 5.74) is 8.18. The molecule has 6 nitrogen and oxygen atoms in total. The van der Waals surface area contributed by atoms with E-state index in [4.69, 9.17) is 10.5 Å². The van der Waals surface area contributed by atoms with E-state index in [0.717, 1.165) is 29.7 Å². The first-order chi connectivity index (χ1) is 8.29. The number of imidazole rings is 1. The third kappa shape index (κ3) is 1.69. The Morgan fingerprint density at radius 1 is 1.41 bits per heavy atom. The van der Waals surface area contributed by atoms with Crippen molar-refractivity contribution < 1.29 is 4.74 Å². The quantitative estimate of drug-likeness (QED) is 0.828. The normalized spacial score (nSPS) is 24.6. The standard InChI is InChI=1S/C11H15N5O/c1-7-10-11(14-5-13-7)16(6-15-10)9-3-2-8(4-12)17-9/h5-6,8-9H,2-4,12H2,1H3/t8-,9+/m0/s1. The molecule has 2 aromatic rings. The Bertz CT molecular complexity index is 538. The van der Waals surface area contributed by atoms with E-state index in [-0.39, 0.29) is 12.3 Å². The molecule has 0 amide bonds. The van der Waals surface area contributed by atoms with Crippen LogP contribution < -0.4 is 5.73 Å². The van der Waals surface area contributed by atoms with Crippen LogP contribution in [0.4, 0.5) is 0 Å². The Kier molecular flexibility index (Phi) is 2.53. The van der Waals surface area contributed by atoms with Crippen LogP contribution in [0.15, 0.2) is 12.7 Å². The van der Waals surface area contributed by atoms with Crippen molar-refractivity contribution >= 4 is 11.2 Å². The molecule has 90 valence electrons. The fourth-order valence-electron chi connectivity index (χ4n) is 2.24. The molecule has 1 saturated heterocycles. The fourth-order valence-corrected chi connectivity index (χ4v) is 2.24. The highest BCUT2D eigenvalue weighted by Crippen LogP contribution is 2.29. The van der Waals surface area contributed by atoms with E-state index in [1.54, 1.807) is 12.7 Å². The molecule has 6 heteroatoms. The van der Waals surface area contributed by atoms with Crippen LogP contribution >= 0.6 is 0 Å². The van der Waals surface area contributed by atoms with Crippen LogP contribution in [0.2, 0.25) is 0 Å². The largest absolute Gasteiger partial charge is 0.353 e. The molecule has 0 aromatic carbocycles. The van der Waals surface area contributed by atoms with Crippen LogP contribution in [0, 0.1) is 6.92 Å². The first kappa shape index (κ1) is 10.6. The highest BCUT2D eigenvalue weighted by molar-refractivity contribution is 5.72. The Morgan fingerprint density at radius 2 is 2.29 bits per heavy atom. The van der Waals surface area contributed by atoms with Crippen molar-refractivity contribution in [3.05, 3.63) is 18.3 Å². The topological polar surface area (TPSA) is 78.9 Å². The lowest BCUT2D eigenvalue weighted by molar-refractivity contribution is 0.00866. The van der Waals surface area contributed by atoms with E-state index >= 15 is 0 Å². The zero-order valence-corrected chi connectivity index (χ0v) is 9.71. The lowest BCUT2D eigenvalue weighted by Gasteiger charge is -2.13. The summed E-state index contributed by atoms with van der Waals surface area (Å²) in [4.78, 5) is 12.7. The first-order valence-electron chi connectivity index (χ1n) is 5.79. The molecule has 2 atom stereocenters. The molecular weight excluding hydrogens is 218 g/mol. The second kappa shape index (κ2) is 4.05. The zero-order chi connectivity index (χ0) is 11.8. The number of aromatic nitrogens is 4. The van der Waals surface area contributed by atoms with Crippen molar-refractivity contribution in [3.8, 4) is 0 Å². The number of hydrogen-bond donors (Lipinski definition) is 1. The van der Waals surface area contributed by atoms with E-state index in [0.29, 0.717) is 6.54 Å². The summed E-state index contributed by atoms with van der Waals surface area (Å²) < 4.78 is 7.81. The van der Waals surface area contributed by atoms with Gasteiger partial charge in [-0.2, -0.15) is 0 Å². The van der Waals surface area contributed by atoms with Crippen molar-refractivity contribution in [2.24, 2.45) is 5.73 Å². The van der Waals surface area contributed by atoms with Gasteiger partial charge in [-0.25, -0.2) is 15.0 Å². The summed E-state index contributed by atoms with van der Waals surface area (Å²) in [6.45, 7) is 2.50. The zero-order valence-electron chi connectivity index (χ0n) is 9.71. The Balaban J connectivity index is 1.99. The van der Waals surface area contributed by atoms with Crippen LogP contribution in [-0.4, -0.2) is 32.2 Å². The monoisotopic (exact) mass is 233 g/mol. The Hall–Kier alpha value is -1.53. The van der Waals surface area contributed by atoms with Gasteiger partial charge >= 0.3 is 0 Å². The Morgan fingerprint density at radius 3 is 3.06 bits per heavy atom. The van der Waals surface area contributed by atoms with Gasteiger partial charge in [-0.3, -0.25) is 4.57 Å². The summed E-state index contributed by atoms with van der Waals surface area (Å²) in [5, 5.41) is 0. The highest BCUT2D eigenvalue weighted by Gasteiger charge is 2.27. The molecule has 1 fully saturated rings. The lowest BCUT2D eigenvalue weighted by atomic mass is 10.2. The predicted octanol–water partition coefficient (Wildman–Crippen LogP) is 0.771. The van der Waals surface area contributed by atoms with Gasteiger partial charge in [0.2, 0.25) is 0 Å². The van der Waals surface area contributed by atoms with Crippen LogP contribution in [0.1, 0.15) is 24.8 Å².